The Morgan fingerprint density at radius 2 is 1.96 bits per heavy atom. The first kappa shape index (κ1) is 19.0. The van der Waals surface area contributed by atoms with Gasteiger partial charge in [0.25, 0.3) is 0 Å². The number of amides is 1. The van der Waals surface area contributed by atoms with E-state index in [2.05, 4.69) is 4.99 Å². The topological polar surface area (TPSA) is 58.7 Å². The van der Waals surface area contributed by atoms with Gasteiger partial charge in [0, 0.05) is 16.8 Å². The predicted octanol–water partition coefficient (Wildman–Crippen LogP) is 4.46. The van der Waals surface area contributed by atoms with E-state index in [0.717, 1.165) is 29.9 Å². The normalized spacial score (nSPS) is 25.8. The minimum absolute atomic E-state index is 0.0495. The van der Waals surface area contributed by atoms with Crippen LogP contribution in [0.5, 0.6) is 0 Å². The van der Waals surface area contributed by atoms with Gasteiger partial charge in [-0.25, -0.2) is 4.99 Å². The Morgan fingerprint density at radius 3 is 2.61 bits per heavy atom. The lowest BCUT2D eigenvalue weighted by molar-refractivity contribution is -0.137. The minimum atomic E-state index is -4.39. The molecule has 1 saturated carbocycles. The molecule has 1 aliphatic heterocycles. The lowest BCUT2D eigenvalue weighted by Gasteiger charge is -2.40. The summed E-state index contributed by atoms with van der Waals surface area (Å²) in [4.78, 5) is 20.5. The number of alkyl halides is 3. The molecule has 28 heavy (non-hydrogen) atoms. The van der Waals surface area contributed by atoms with Crippen LogP contribution in [0.25, 0.3) is 10.4 Å². The second-order valence-corrected chi connectivity index (χ2v) is 8.66. The summed E-state index contributed by atoms with van der Waals surface area (Å²) in [6.45, 7) is 1.90. The van der Waals surface area contributed by atoms with E-state index in [4.69, 9.17) is 5.73 Å². The molecular weight excluding hydrogens is 387 g/mol. The third-order valence-corrected chi connectivity index (χ3v) is 6.93. The molecule has 0 spiro atoms. The van der Waals surface area contributed by atoms with Crippen molar-refractivity contribution in [3.63, 3.8) is 0 Å². The molecule has 4 rings (SSSR count). The SMILES string of the molecule is CN1C(=O)[C@H](C2CC2)[C@@](C)(c2ccc(-c3cccc(C(F)(F)F)c3)s2)N=C1N. The van der Waals surface area contributed by atoms with E-state index in [-0.39, 0.29) is 23.7 Å². The number of halogens is 3. The van der Waals surface area contributed by atoms with Crippen molar-refractivity contribution in [1.29, 1.82) is 0 Å². The van der Waals surface area contributed by atoms with Crippen LogP contribution < -0.4 is 5.73 Å². The van der Waals surface area contributed by atoms with Crippen molar-refractivity contribution in [1.82, 2.24) is 4.90 Å². The van der Waals surface area contributed by atoms with Crippen LogP contribution in [-0.4, -0.2) is 23.8 Å². The Hall–Kier alpha value is -2.35. The largest absolute Gasteiger partial charge is 0.416 e. The molecule has 1 amide bonds. The third kappa shape index (κ3) is 3.09. The van der Waals surface area contributed by atoms with Crippen molar-refractivity contribution >= 4 is 23.2 Å². The lowest BCUT2D eigenvalue weighted by atomic mass is 9.79. The standard InChI is InChI=1S/C20H20F3N3OS/c1-19(16(11-6-7-11)17(27)26(2)18(24)25-19)15-9-8-14(28-15)12-4-3-5-13(10-12)20(21,22)23/h3-5,8-11,16H,6-7H2,1-2H3,(H2,24,25)/t16-,19+/m0/s1. The summed E-state index contributed by atoms with van der Waals surface area (Å²) < 4.78 is 39.1. The maximum absolute atomic E-state index is 13.0. The Balaban J connectivity index is 1.75. The first-order chi connectivity index (χ1) is 13.1. The number of hydrogen-bond acceptors (Lipinski definition) is 4. The van der Waals surface area contributed by atoms with Gasteiger partial charge >= 0.3 is 6.18 Å². The van der Waals surface area contributed by atoms with Crippen molar-refractivity contribution in [2.45, 2.75) is 31.5 Å². The van der Waals surface area contributed by atoms with Gasteiger partial charge in [-0.2, -0.15) is 13.2 Å². The molecular formula is C20H20F3N3OS. The van der Waals surface area contributed by atoms with Crippen LogP contribution in [0.15, 0.2) is 41.4 Å². The van der Waals surface area contributed by atoms with Crippen LogP contribution in [0.4, 0.5) is 13.2 Å². The summed E-state index contributed by atoms with van der Waals surface area (Å²) in [6.07, 6.45) is -2.44. The molecule has 2 heterocycles. The van der Waals surface area contributed by atoms with Gasteiger partial charge in [-0.1, -0.05) is 12.1 Å². The first-order valence-corrected chi connectivity index (χ1v) is 9.84. The van der Waals surface area contributed by atoms with Gasteiger partial charge < -0.3 is 5.73 Å². The number of rotatable bonds is 3. The fourth-order valence-corrected chi connectivity index (χ4v) is 4.99. The zero-order valence-corrected chi connectivity index (χ0v) is 16.3. The highest BCUT2D eigenvalue weighted by molar-refractivity contribution is 7.15. The van der Waals surface area contributed by atoms with E-state index in [9.17, 15) is 18.0 Å². The summed E-state index contributed by atoms with van der Waals surface area (Å²) in [5, 5.41) is 0. The van der Waals surface area contributed by atoms with Crippen molar-refractivity contribution in [3.05, 3.63) is 46.8 Å². The fraction of sp³-hybridized carbons (Fsp3) is 0.400. The number of benzene rings is 1. The van der Waals surface area contributed by atoms with Gasteiger partial charge in [-0.05, 0) is 55.5 Å². The molecule has 0 saturated heterocycles. The summed E-state index contributed by atoms with van der Waals surface area (Å²) in [5.74, 6) is 0.0682. The molecule has 1 aromatic carbocycles. The number of carbonyl (C=O) groups is 1. The van der Waals surface area contributed by atoms with Crippen molar-refractivity contribution < 1.29 is 18.0 Å². The predicted molar refractivity (Wildman–Crippen MR) is 103 cm³/mol. The molecule has 2 atom stereocenters. The van der Waals surface area contributed by atoms with Crippen LogP contribution in [0.2, 0.25) is 0 Å². The Labute approximate surface area is 164 Å². The molecule has 0 unspecified atom stereocenters. The number of nitrogens with two attached hydrogens (primary N) is 1. The lowest BCUT2D eigenvalue weighted by Crippen LogP contribution is -2.54. The van der Waals surface area contributed by atoms with E-state index in [1.165, 1.54) is 22.3 Å². The monoisotopic (exact) mass is 407 g/mol. The summed E-state index contributed by atoms with van der Waals surface area (Å²) in [7, 11) is 1.62. The second-order valence-electron chi connectivity index (χ2n) is 7.57. The number of nitrogens with zero attached hydrogens (tertiary/aromatic N) is 2. The molecule has 148 valence electrons. The van der Waals surface area contributed by atoms with E-state index in [1.807, 2.05) is 13.0 Å². The maximum Gasteiger partial charge on any atom is 0.416 e. The van der Waals surface area contributed by atoms with Crippen LogP contribution in [0.3, 0.4) is 0 Å². The van der Waals surface area contributed by atoms with E-state index >= 15 is 0 Å². The van der Waals surface area contributed by atoms with E-state index in [1.54, 1.807) is 19.2 Å². The Bertz CT molecular complexity index is 964. The number of thiophene rings is 1. The van der Waals surface area contributed by atoms with E-state index in [0.29, 0.717) is 10.4 Å². The quantitative estimate of drug-likeness (QED) is 0.817. The smallest absolute Gasteiger partial charge is 0.369 e. The van der Waals surface area contributed by atoms with Crippen LogP contribution in [-0.2, 0) is 16.5 Å². The zero-order valence-electron chi connectivity index (χ0n) is 15.5. The zero-order chi connectivity index (χ0) is 20.3. The van der Waals surface area contributed by atoms with Gasteiger partial charge in [-0.3, -0.25) is 9.69 Å². The maximum atomic E-state index is 13.0. The Kier molecular flexibility index (Phi) is 4.30. The molecule has 1 fully saturated rings. The number of aliphatic imine (C=N–C) groups is 1. The summed E-state index contributed by atoms with van der Waals surface area (Å²) in [5.41, 5.74) is 4.99. The summed E-state index contributed by atoms with van der Waals surface area (Å²) in [6, 6.07) is 8.91. The summed E-state index contributed by atoms with van der Waals surface area (Å²) >= 11 is 1.36. The average molecular weight is 407 g/mol. The molecule has 8 heteroatoms. The number of carbonyl (C=O) groups excluding carboxylic acids is 1. The molecule has 0 radical (unpaired) electrons. The highest BCUT2D eigenvalue weighted by Crippen LogP contribution is 2.52. The van der Waals surface area contributed by atoms with E-state index < -0.39 is 17.3 Å². The minimum Gasteiger partial charge on any atom is -0.369 e. The van der Waals surface area contributed by atoms with Crippen molar-refractivity contribution in [2.24, 2.45) is 22.6 Å². The van der Waals surface area contributed by atoms with Crippen molar-refractivity contribution in [3.8, 4) is 10.4 Å². The second kappa shape index (κ2) is 6.34. The molecule has 0 bridgehead atoms. The van der Waals surface area contributed by atoms with Gasteiger partial charge in [0.05, 0.1) is 11.5 Å². The highest BCUT2D eigenvalue weighted by Gasteiger charge is 2.53. The highest BCUT2D eigenvalue weighted by atomic mass is 32.1. The first-order valence-electron chi connectivity index (χ1n) is 9.02. The van der Waals surface area contributed by atoms with Gasteiger partial charge in [-0.15, -0.1) is 11.3 Å². The molecule has 2 aliphatic rings. The van der Waals surface area contributed by atoms with Crippen LogP contribution in [0.1, 0.15) is 30.2 Å². The van der Waals surface area contributed by atoms with Crippen LogP contribution in [0, 0.1) is 11.8 Å². The number of guanidine groups is 1. The number of hydrogen-bond donors (Lipinski definition) is 1. The molecule has 2 N–H and O–H groups in total. The van der Waals surface area contributed by atoms with Gasteiger partial charge in [0.2, 0.25) is 5.91 Å². The molecule has 2 aromatic rings. The molecule has 1 aromatic heterocycles. The van der Waals surface area contributed by atoms with Gasteiger partial charge in [0.15, 0.2) is 5.96 Å². The average Bonchev–Trinajstić information content (AvgIpc) is 3.32. The molecule has 4 nitrogen and oxygen atoms in total. The van der Waals surface area contributed by atoms with Crippen LogP contribution >= 0.6 is 11.3 Å². The fourth-order valence-electron chi connectivity index (χ4n) is 3.86. The Morgan fingerprint density at radius 1 is 1.25 bits per heavy atom. The third-order valence-electron chi connectivity index (χ3n) is 5.57. The van der Waals surface area contributed by atoms with Gasteiger partial charge in [0.1, 0.15) is 5.54 Å². The van der Waals surface area contributed by atoms with Crippen molar-refractivity contribution in [2.75, 3.05) is 7.05 Å². The molecule has 1 aliphatic carbocycles.